The van der Waals surface area contributed by atoms with E-state index >= 15 is 0 Å². The van der Waals surface area contributed by atoms with E-state index in [2.05, 4.69) is 0 Å². The Morgan fingerprint density at radius 3 is 2.55 bits per heavy atom. The van der Waals surface area contributed by atoms with Crippen LogP contribution in [0.1, 0.15) is 32.6 Å². The van der Waals surface area contributed by atoms with Crippen LogP contribution in [0.3, 0.4) is 0 Å². The summed E-state index contributed by atoms with van der Waals surface area (Å²) in [7, 11) is 0. The van der Waals surface area contributed by atoms with Crippen molar-refractivity contribution in [2.45, 2.75) is 44.3 Å². The van der Waals surface area contributed by atoms with Crippen LogP contribution in [0.4, 0.5) is 4.79 Å². The maximum atomic E-state index is 10.8. The Morgan fingerprint density at radius 1 is 1.45 bits per heavy atom. The van der Waals surface area contributed by atoms with E-state index in [9.17, 15) is 4.79 Å². The predicted molar refractivity (Wildman–Crippen MR) is 38.2 cm³/mol. The van der Waals surface area contributed by atoms with Crippen molar-refractivity contribution in [1.82, 2.24) is 0 Å². The molecule has 0 aromatic carbocycles. The molecule has 2 aliphatic rings. The molecule has 3 nitrogen and oxygen atoms in total. The molecule has 1 saturated heterocycles. The first-order valence-corrected chi connectivity index (χ1v) is 4.13. The number of ether oxygens (including phenoxy) is 2. The van der Waals surface area contributed by atoms with Gasteiger partial charge in [0.15, 0.2) is 5.60 Å². The lowest BCUT2D eigenvalue weighted by Crippen LogP contribution is -2.34. The molecular formula is C8H12O3. The number of carbonyl (C=O) groups is 1. The van der Waals surface area contributed by atoms with Gasteiger partial charge in [-0.15, -0.1) is 0 Å². The van der Waals surface area contributed by atoms with E-state index < -0.39 is 6.16 Å². The van der Waals surface area contributed by atoms with Crippen molar-refractivity contribution in [2.24, 2.45) is 0 Å². The molecule has 0 amide bonds. The van der Waals surface area contributed by atoms with Crippen LogP contribution in [0.5, 0.6) is 0 Å². The van der Waals surface area contributed by atoms with Crippen LogP contribution < -0.4 is 0 Å². The molecule has 3 heteroatoms. The van der Waals surface area contributed by atoms with Crippen molar-refractivity contribution in [3.05, 3.63) is 0 Å². The minimum Gasteiger partial charge on any atom is -0.427 e. The van der Waals surface area contributed by atoms with Crippen molar-refractivity contribution in [1.29, 1.82) is 0 Å². The van der Waals surface area contributed by atoms with Crippen LogP contribution in [-0.4, -0.2) is 17.9 Å². The standard InChI is InChI=1S/C8H12O3/c1-6-8(4-2-3-5-8)11-7(9)10-6/h6H,2-5H2,1H3. The third kappa shape index (κ3) is 0.905. The molecule has 11 heavy (non-hydrogen) atoms. The maximum Gasteiger partial charge on any atom is 0.509 e. The topological polar surface area (TPSA) is 35.5 Å². The molecule has 1 atom stereocenters. The second-order valence-corrected chi connectivity index (χ2v) is 3.38. The fourth-order valence-electron chi connectivity index (χ4n) is 2.01. The van der Waals surface area contributed by atoms with Crippen LogP contribution >= 0.6 is 0 Å². The normalized spacial score (nSPS) is 33.9. The van der Waals surface area contributed by atoms with Gasteiger partial charge in [-0.3, -0.25) is 0 Å². The van der Waals surface area contributed by atoms with Gasteiger partial charge in [0.05, 0.1) is 0 Å². The summed E-state index contributed by atoms with van der Waals surface area (Å²) < 4.78 is 10.1. The molecule has 2 rings (SSSR count). The van der Waals surface area contributed by atoms with E-state index in [1.54, 1.807) is 0 Å². The second kappa shape index (κ2) is 2.13. The molecule has 0 N–H and O–H groups in total. The lowest BCUT2D eigenvalue weighted by molar-refractivity contribution is 0.0415. The van der Waals surface area contributed by atoms with Crippen molar-refractivity contribution in [3.8, 4) is 0 Å². The van der Waals surface area contributed by atoms with Gasteiger partial charge in [0, 0.05) is 0 Å². The Hall–Kier alpha value is -0.730. The zero-order valence-electron chi connectivity index (χ0n) is 6.63. The summed E-state index contributed by atoms with van der Waals surface area (Å²) >= 11 is 0. The summed E-state index contributed by atoms with van der Waals surface area (Å²) in [6.45, 7) is 1.91. The molecule has 0 aromatic rings. The lowest BCUT2D eigenvalue weighted by atomic mass is 9.96. The molecule has 1 aliphatic carbocycles. The summed E-state index contributed by atoms with van der Waals surface area (Å²) in [4.78, 5) is 10.8. The van der Waals surface area contributed by atoms with E-state index in [4.69, 9.17) is 9.47 Å². The first-order chi connectivity index (χ1) is 5.23. The Kier molecular flexibility index (Phi) is 1.34. The molecule has 0 bridgehead atoms. The Balaban J connectivity index is 2.18. The number of hydrogen-bond acceptors (Lipinski definition) is 3. The van der Waals surface area contributed by atoms with Gasteiger partial charge in [-0.1, -0.05) is 0 Å². The van der Waals surface area contributed by atoms with E-state index in [0.717, 1.165) is 25.7 Å². The zero-order valence-corrected chi connectivity index (χ0v) is 6.63. The predicted octanol–water partition coefficient (Wildman–Crippen LogP) is 1.85. The van der Waals surface area contributed by atoms with Crippen LogP contribution in [0.2, 0.25) is 0 Å². The average Bonchev–Trinajstić information content (AvgIpc) is 2.45. The number of rotatable bonds is 0. The van der Waals surface area contributed by atoms with Gasteiger partial charge in [0.25, 0.3) is 0 Å². The minimum atomic E-state index is -0.487. The van der Waals surface area contributed by atoms with Gasteiger partial charge < -0.3 is 9.47 Å². The number of hydrogen-bond donors (Lipinski definition) is 0. The van der Waals surface area contributed by atoms with Gasteiger partial charge in [0.2, 0.25) is 0 Å². The van der Waals surface area contributed by atoms with Gasteiger partial charge in [0.1, 0.15) is 6.10 Å². The molecule has 1 unspecified atom stereocenters. The maximum absolute atomic E-state index is 10.8. The highest BCUT2D eigenvalue weighted by molar-refractivity contribution is 5.63. The monoisotopic (exact) mass is 156 g/mol. The van der Waals surface area contributed by atoms with Gasteiger partial charge >= 0.3 is 6.16 Å². The van der Waals surface area contributed by atoms with Crippen LogP contribution in [-0.2, 0) is 9.47 Å². The lowest BCUT2D eigenvalue weighted by Gasteiger charge is -2.22. The minimum absolute atomic E-state index is 0.0440. The largest absolute Gasteiger partial charge is 0.509 e. The van der Waals surface area contributed by atoms with Crippen molar-refractivity contribution >= 4 is 6.16 Å². The smallest absolute Gasteiger partial charge is 0.427 e. The van der Waals surface area contributed by atoms with Crippen molar-refractivity contribution in [2.75, 3.05) is 0 Å². The second-order valence-electron chi connectivity index (χ2n) is 3.38. The van der Waals surface area contributed by atoms with E-state index in [1.165, 1.54) is 0 Å². The fraction of sp³-hybridized carbons (Fsp3) is 0.875. The summed E-state index contributed by atoms with van der Waals surface area (Å²) in [5.41, 5.74) is -0.253. The average molecular weight is 156 g/mol. The molecule has 1 saturated carbocycles. The first kappa shape index (κ1) is 6.95. The quantitative estimate of drug-likeness (QED) is 0.502. The molecule has 1 spiro atoms. The van der Waals surface area contributed by atoms with Crippen LogP contribution in [0.25, 0.3) is 0 Å². The zero-order chi connectivity index (χ0) is 7.90. The highest BCUT2D eigenvalue weighted by Crippen LogP contribution is 2.41. The van der Waals surface area contributed by atoms with Gasteiger partial charge in [-0.05, 0) is 32.6 Å². The fourth-order valence-corrected chi connectivity index (χ4v) is 2.01. The molecule has 1 aliphatic heterocycles. The van der Waals surface area contributed by atoms with Gasteiger partial charge in [-0.2, -0.15) is 0 Å². The third-order valence-electron chi connectivity index (χ3n) is 2.75. The number of carbonyl (C=O) groups excluding carboxylic acids is 1. The van der Waals surface area contributed by atoms with Crippen LogP contribution in [0, 0.1) is 0 Å². The van der Waals surface area contributed by atoms with E-state index in [-0.39, 0.29) is 11.7 Å². The summed E-state index contributed by atoms with van der Waals surface area (Å²) in [5.74, 6) is 0. The van der Waals surface area contributed by atoms with E-state index in [0.29, 0.717) is 0 Å². The highest BCUT2D eigenvalue weighted by Gasteiger charge is 2.50. The summed E-state index contributed by atoms with van der Waals surface area (Å²) in [5, 5.41) is 0. The summed E-state index contributed by atoms with van der Waals surface area (Å²) in [6, 6.07) is 0. The van der Waals surface area contributed by atoms with Crippen LogP contribution in [0.15, 0.2) is 0 Å². The molecule has 0 radical (unpaired) electrons. The first-order valence-electron chi connectivity index (χ1n) is 4.13. The van der Waals surface area contributed by atoms with Crippen molar-refractivity contribution in [3.63, 3.8) is 0 Å². The van der Waals surface area contributed by atoms with Gasteiger partial charge in [-0.25, -0.2) is 4.79 Å². The Labute approximate surface area is 65.7 Å². The summed E-state index contributed by atoms with van der Waals surface area (Å²) in [6.07, 6.45) is 3.72. The molecule has 2 fully saturated rings. The van der Waals surface area contributed by atoms with Crippen molar-refractivity contribution < 1.29 is 14.3 Å². The Bertz CT molecular complexity index is 182. The van der Waals surface area contributed by atoms with E-state index in [1.807, 2.05) is 6.92 Å². The molecule has 0 aromatic heterocycles. The Morgan fingerprint density at radius 2 is 2.09 bits per heavy atom. The highest BCUT2D eigenvalue weighted by atomic mass is 16.8. The third-order valence-corrected chi connectivity index (χ3v) is 2.75. The SMILES string of the molecule is CC1OC(=O)OC12CCCC2. The molecule has 1 heterocycles. The molecular weight excluding hydrogens is 144 g/mol. The molecule has 62 valence electrons. The number of cyclic esters (lactones) is 1.